The molecule has 1 fully saturated rings. The number of pyridine rings is 1. The van der Waals surface area contributed by atoms with Crippen LogP contribution in [0.5, 0.6) is 0 Å². The highest BCUT2D eigenvalue weighted by atomic mass is 32.1. The van der Waals surface area contributed by atoms with E-state index < -0.39 is 0 Å². The molecule has 1 saturated heterocycles. The predicted octanol–water partition coefficient (Wildman–Crippen LogP) is 0.750. The molecule has 0 atom stereocenters. The van der Waals surface area contributed by atoms with Gasteiger partial charge in [0.25, 0.3) is 5.56 Å². The summed E-state index contributed by atoms with van der Waals surface area (Å²) in [4.78, 5) is 33.6. The van der Waals surface area contributed by atoms with Gasteiger partial charge in [-0.3, -0.25) is 14.6 Å². The maximum Gasteiger partial charge on any atom is 0.275 e. The van der Waals surface area contributed by atoms with Crippen LogP contribution in [-0.2, 0) is 11.2 Å². The number of carbonyl (C=O) groups is 1. The van der Waals surface area contributed by atoms with Crippen molar-refractivity contribution >= 4 is 22.1 Å². The van der Waals surface area contributed by atoms with Crippen LogP contribution < -0.4 is 16.6 Å². The number of ketones is 1. The summed E-state index contributed by atoms with van der Waals surface area (Å²) in [6.07, 6.45) is 3.79. The van der Waals surface area contributed by atoms with Crippen molar-refractivity contribution in [3.63, 3.8) is 0 Å². The van der Waals surface area contributed by atoms with Gasteiger partial charge in [-0.2, -0.15) is 9.61 Å². The number of carbonyl (C=O) groups excluding carboxylic acids is 1. The highest BCUT2D eigenvalue weighted by molar-refractivity contribution is 7.19. The van der Waals surface area contributed by atoms with Crippen molar-refractivity contribution < 1.29 is 4.79 Å². The lowest BCUT2D eigenvalue weighted by Crippen LogP contribution is -2.28. The molecule has 27 heavy (non-hydrogen) atoms. The van der Waals surface area contributed by atoms with Gasteiger partial charge in [-0.1, -0.05) is 11.3 Å². The number of fused-ring (bicyclic) bond motifs is 1. The standard InChI is InChI=1S/C18H20N6O2S/c19-10-14(25)8-13-7-12(3-6-21-13)17-23-24-16(26)9-15(22-18(24)27-17)11-1-4-20-5-2-11/h3,6-7,9,11,20H,1-2,4-5,8,10,19H2. The number of Topliss-reactive ketones (excluding diaryl/α,β-unsaturated/α-hetero) is 1. The van der Waals surface area contributed by atoms with Crippen LogP contribution in [0.15, 0.2) is 29.2 Å². The van der Waals surface area contributed by atoms with Gasteiger partial charge in [0.15, 0.2) is 5.78 Å². The van der Waals surface area contributed by atoms with Crippen molar-refractivity contribution in [1.29, 1.82) is 0 Å². The Morgan fingerprint density at radius 2 is 2.15 bits per heavy atom. The fourth-order valence-electron chi connectivity index (χ4n) is 3.25. The first-order chi connectivity index (χ1) is 13.1. The zero-order chi connectivity index (χ0) is 18.8. The number of nitrogens with one attached hydrogen (secondary N) is 1. The van der Waals surface area contributed by atoms with E-state index >= 15 is 0 Å². The molecule has 3 N–H and O–H groups in total. The van der Waals surface area contributed by atoms with E-state index in [1.807, 2.05) is 12.1 Å². The average Bonchev–Trinajstić information content (AvgIpc) is 3.14. The number of piperidine rings is 1. The second kappa shape index (κ2) is 7.63. The topological polar surface area (TPSA) is 115 Å². The lowest BCUT2D eigenvalue weighted by molar-refractivity contribution is -0.117. The highest BCUT2D eigenvalue weighted by Crippen LogP contribution is 2.27. The Balaban J connectivity index is 1.69. The number of rotatable bonds is 5. The normalized spacial score (nSPS) is 15.3. The van der Waals surface area contributed by atoms with Gasteiger partial charge in [0, 0.05) is 29.4 Å². The van der Waals surface area contributed by atoms with E-state index in [-0.39, 0.29) is 24.3 Å². The van der Waals surface area contributed by atoms with Crippen LogP contribution in [-0.4, -0.2) is 45.0 Å². The Labute approximate surface area is 159 Å². The fourth-order valence-corrected chi connectivity index (χ4v) is 4.16. The number of nitrogens with zero attached hydrogens (tertiary/aromatic N) is 4. The molecule has 0 aromatic carbocycles. The first-order valence-corrected chi connectivity index (χ1v) is 9.74. The van der Waals surface area contributed by atoms with Crippen LogP contribution in [0.3, 0.4) is 0 Å². The quantitative estimate of drug-likeness (QED) is 0.667. The first-order valence-electron chi connectivity index (χ1n) is 8.92. The molecule has 0 spiro atoms. The Kier molecular flexibility index (Phi) is 5.06. The summed E-state index contributed by atoms with van der Waals surface area (Å²) in [5.74, 6) is 0.234. The third-order valence-corrected chi connectivity index (χ3v) is 5.65. The summed E-state index contributed by atoms with van der Waals surface area (Å²) in [6, 6.07) is 5.22. The van der Waals surface area contributed by atoms with Crippen LogP contribution in [0, 0.1) is 0 Å². The van der Waals surface area contributed by atoms with E-state index in [4.69, 9.17) is 10.7 Å². The minimum Gasteiger partial charge on any atom is -0.324 e. The minimum absolute atomic E-state index is 0.00811. The van der Waals surface area contributed by atoms with E-state index in [0.717, 1.165) is 37.2 Å². The summed E-state index contributed by atoms with van der Waals surface area (Å²) < 4.78 is 1.34. The molecular formula is C18H20N6O2S. The largest absolute Gasteiger partial charge is 0.324 e. The molecule has 3 aromatic rings. The van der Waals surface area contributed by atoms with Crippen LogP contribution in [0.25, 0.3) is 15.5 Å². The Morgan fingerprint density at radius 3 is 2.93 bits per heavy atom. The second-order valence-corrected chi connectivity index (χ2v) is 7.56. The Bertz CT molecular complexity index is 1040. The second-order valence-electron chi connectivity index (χ2n) is 6.60. The van der Waals surface area contributed by atoms with E-state index in [1.54, 1.807) is 12.3 Å². The molecule has 1 aliphatic rings. The third kappa shape index (κ3) is 3.80. The zero-order valence-corrected chi connectivity index (χ0v) is 15.5. The Morgan fingerprint density at radius 1 is 1.33 bits per heavy atom. The van der Waals surface area contributed by atoms with E-state index in [2.05, 4.69) is 15.4 Å². The Hall–Kier alpha value is -2.49. The van der Waals surface area contributed by atoms with Gasteiger partial charge in [0.05, 0.1) is 18.7 Å². The van der Waals surface area contributed by atoms with Gasteiger partial charge in [0.1, 0.15) is 5.01 Å². The van der Waals surface area contributed by atoms with Crippen LogP contribution in [0.2, 0.25) is 0 Å². The van der Waals surface area contributed by atoms with Crippen molar-refractivity contribution in [3.8, 4) is 10.6 Å². The molecule has 4 heterocycles. The molecule has 0 aliphatic carbocycles. The molecule has 8 nitrogen and oxygen atoms in total. The van der Waals surface area contributed by atoms with Gasteiger partial charge in [-0.05, 0) is 38.1 Å². The number of hydrogen-bond donors (Lipinski definition) is 2. The lowest BCUT2D eigenvalue weighted by atomic mass is 9.94. The average molecular weight is 384 g/mol. The van der Waals surface area contributed by atoms with Gasteiger partial charge in [-0.15, -0.1) is 0 Å². The predicted molar refractivity (Wildman–Crippen MR) is 103 cm³/mol. The third-order valence-electron chi connectivity index (χ3n) is 4.69. The smallest absolute Gasteiger partial charge is 0.275 e. The molecule has 0 unspecified atom stereocenters. The van der Waals surface area contributed by atoms with Crippen molar-refractivity contribution in [2.45, 2.75) is 25.2 Å². The van der Waals surface area contributed by atoms with Gasteiger partial charge in [-0.25, -0.2) is 4.98 Å². The summed E-state index contributed by atoms with van der Waals surface area (Å²) in [5.41, 5.74) is 7.50. The van der Waals surface area contributed by atoms with E-state index in [0.29, 0.717) is 21.6 Å². The number of nitrogens with two attached hydrogens (primary N) is 1. The SMILES string of the molecule is NCC(=O)Cc1cc(-c2nn3c(=O)cc(C4CCNCC4)nc3s2)ccn1. The lowest BCUT2D eigenvalue weighted by Gasteiger charge is -2.21. The fraction of sp³-hybridized carbons (Fsp3) is 0.389. The molecule has 4 rings (SSSR count). The number of aromatic nitrogens is 4. The molecule has 9 heteroatoms. The first kappa shape index (κ1) is 17.9. The maximum atomic E-state index is 12.5. The van der Waals surface area contributed by atoms with E-state index in [1.165, 1.54) is 15.9 Å². The molecule has 0 radical (unpaired) electrons. The molecule has 0 amide bonds. The summed E-state index contributed by atoms with van der Waals surface area (Å²) in [6.45, 7) is 1.88. The van der Waals surface area contributed by atoms with Crippen molar-refractivity contribution in [1.82, 2.24) is 24.9 Å². The molecule has 3 aromatic heterocycles. The minimum atomic E-state index is -0.163. The molecule has 0 saturated carbocycles. The van der Waals surface area contributed by atoms with Gasteiger partial charge >= 0.3 is 0 Å². The summed E-state index contributed by atoms with van der Waals surface area (Å²) >= 11 is 1.36. The van der Waals surface area contributed by atoms with Gasteiger partial charge in [0.2, 0.25) is 4.96 Å². The number of hydrogen-bond acceptors (Lipinski definition) is 8. The summed E-state index contributed by atoms with van der Waals surface area (Å²) in [5, 5.41) is 8.42. The zero-order valence-electron chi connectivity index (χ0n) is 14.7. The van der Waals surface area contributed by atoms with Crippen molar-refractivity contribution in [3.05, 3.63) is 46.1 Å². The van der Waals surface area contributed by atoms with E-state index in [9.17, 15) is 9.59 Å². The molecular weight excluding hydrogens is 364 g/mol. The van der Waals surface area contributed by atoms with Gasteiger partial charge < -0.3 is 11.1 Å². The van der Waals surface area contributed by atoms with Crippen molar-refractivity contribution in [2.24, 2.45) is 5.73 Å². The molecule has 0 bridgehead atoms. The van der Waals surface area contributed by atoms with Crippen LogP contribution in [0.1, 0.15) is 30.1 Å². The van der Waals surface area contributed by atoms with Crippen molar-refractivity contribution in [2.75, 3.05) is 19.6 Å². The summed E-state index contributed by atoms with van der Waals surface area (Å²) in [7, 11) is 0. The molecule has 1 aliphatic heterocycles. The van der Waals surface area contributed by atoms with Crippen LogP contribution in [0.4, 0.5) is 0 Å². The monoisotopic (exact) mass is 384 g/mol. The molecule has 140 valence electrons. The highest BCUT2D eigenvalue weighted by Gasteiger charge is 2.19. The maximum absolute atomic E-state index is 12.5. The van der Waals surface area contributed by atoms with Crippen LogP contribution >= 0.6 is 11.3 Å².